The first kappa shape index (κ1) is 14.7. The number of aryl methyl sites for hydroxylation is 1. The standard InChI is InChI=1S/C16H22N2O2/c1-3-12-4-6-13(7-5-12)15(19)10-18(2)11-16(20)17-14-8-9-14/h4-7,14H,3,8-11H2,1-2H3,(H,17,20). The van der Waals surface area contributed by atoms with Gasteiger partial charge in [-0.3, -0.25) is 14.5 Å². The third-order valence-corrected chi connectivity index (χ3v) is 3.45. The van der Waals surface area contributed by atoms with Crippen LogP contribution in [0.2, 0.25) is 0 Å². The molecular weight excluding hydrogens is 252 g/mol. The summed E-state index contributed by atoms with van der Waals surface area (Å²) in [6.45, 7) is 2.63. The molecule has 0 aromatic heterocycles. The SMILES string of the molecule is CCc1ccc(C(=O)CN(C)CC(=O)NC2CC2)cc1. The Hall–Kier alpha value is -1.68. The molecule has 108 valence electrons. The Morgan fingerprint density at radius 1 is 1.20 bits per heavy atom. The van der Waals surface area contributed by atoms with Gasteiger partial charge in [-0.25, -0.2) is 0 Å². The van der Waals surface area contributed by atoms with Crippen molar-refractivity contribution in [1.82, 2.24) is 10.2 Å². The van der Waals surface area contributed by atoms with Crippen molar-refractivity contribution in [2.24, 2.45) is 0 Å². The average molecular weight is 274 g/mol. The number of nitrogens with zero attached hydrogens (tertiary/aromatic N) is 1. The van der Waals surface area contributed by atoms with Crippen molar-refractivity contribution in [2.45, 2.75) is 32.2 Å². The number of hydrogen-bond donors (Lipinski definition) is 1. The third kappa shape index (κ3) is 4.46. The first-order chi connectivity index (χ1) is 9.58. The molecule has 1 fully saturated rings. The van der Waals surface area contributed by atoms with Crippen LogP contribution in [0, 0.1) is 0 Å². The summed E-state index contributed by atoms with van der Waals surface area (Å²) in [6, 6.07) is 8.05. The molecule has 0 heterocycles. The fraction of sp³-hybridized carbons (Fsp3) is 0.500. The Bertz CT molecular complexity index is 478. The number of hydrogen-bond acceptors (Lipinski definition) is 3. The number of carbonyl (C=O) groups excluding carboxylic acids is 2. The summed E-state index contributed by atoms with van der Waals surface area (Å²) in [7, 11) is 1.80. The van der Waals surface area contributed by atoms with Crippen LogP contribution in [0.5, 0.6) is 0 Å². The van der Waals surface area contributed by atoms with E-state index in [9.17, 15) is 9.59 Å². The molecule has 0 radical (unpaired) electrons. The van der Waals surface area contributed by atoms with E-state index in [1.54, 1.807) is 11.9 Å². The molecule has 2 rings (SSSR count). The van der Waals surface area contributed by atoms with Crippen LogP contribution in [0.15, 0.2) is 24.3 Å². The van der Waals surface area contributed by atoms with Gasteiger partial charge in [0.25, 0.3) is 0 Å². The van der Waals surface area contributed by atoms with Gasteiger partial charge in [-0.1, -0.05) is 31.2 Å². The Labute approximate surface area is 120 Å². The van der Waals surface area contributed by atoms with Crippen LogP contribution in [-0.2, 0) is 11.2 Å². The van der Waals surface area contributed by atoms with Crippen molar-refractivity contribution in [2.75, 3.05) is 20.1 Å². The predicted octanol–water partition coefficient (Wildman–Crippen LogP) is 1.64. The third-order valence-electron chi connectivity index (χ3n) is 3.45. The van der Waals surface area contributed by atoms with Crippen LogP contribution in [0.1, 0.15) is 35.7 Å². The van der Waals surface area contributed by atoms with E-state index in [4.69, 9.17) is 0 Å². The number of benzene rings is 1. The quantitative estimate of drug-likeness (QED) is 0.769. The number of carbonyl (C=O) groups is 2. The number of ketones is 1. The predicted molar refractivity (Wildman–Crippen MR) is 78.8 cm³/mol. The molecule has 1 N–H and O–H groups in total. The molecular formula is C16H22N2O2. The summed E-state index contributed by atoms with van der Waals surface area (Å²) in [4.78, 5) is 25.5. The van der Waals surface area contributed by atoms with Crippen molar-refractivity contribution in [3.05, 3.63) is 35.4 Å². The van der Waals surface area contributed by atoms with Gasteiger partial charge < -0.3 is 5.32 Å². The largest absolute Gasteiger partial charge is 0.352 e. The Morgan fingerprint density at radius 2 is 1.85 bits per heavy atom. The summed E-state index contributed by atoms with van der Waals surface area (Å²) in [5.74, 6) is 0.0542. The van der Waals surface area contributed by atoms with Gasteiger partial charge >= 0.3 is 0 Å². The van der Waals surface area contributed by atoms with E-state index in [1.807, 2.05) is 24.3 Å². The molecule has 0 spiro atoms. The second-order valence-corrected chi connectivity index (χ2v) is 5.49. The molecule has 1 aromatic rings. The highest BCUT2D eigenvalue weighted by atomic mass is 16.2. The molecule has 0 aliphatic heterocycles. The van der Waals surface area contributed by atoms with Gasteiger partial charge in [0.1, 0.15) is 0 Å². The minimum absolute atomic E-state index is 0.00382. The van der Waals surface area contributed by atoms with E-state index >= 15 is 0 Å². The lowest BCUT2D eigenvalue weighted by Crippen LogP contribution is -2.38. The second-order valence-electron chi connectivity index (χ2n) is 5.49. The van der Waals surface area contributed by atoms with Crippen LogP contribution in [0.25, 0.3) is 0 Å². The van der Waals surface area contributed by atoms with E-state index in [-0.39, 0.29) is 24.8 Å². The summed E-state index contributed by atoms with van der Waals surface area (Å²) >= 11 is 0. The molecule has 1 saturated carbocycles. The average Bonchev–Trinajstić information content (AvgIpc) is 3.22. The molecule has 0 bridgehead atoms. The molecule has 1 aromatic carbocycles. The minimum Gasteiger partial charge on any atom is -0.352 e. The van der Waals surface area contributed by atoms with Gasteiger partial charge in [0, 0.05) is 11.6 Å². The summed E-state index contributed by atoms with van der Waals surface area (Å²) < 4.78 is 0. The van der Waals surface area contributed by atoms with Crippen LogP contribution < -0.4 is 5.32 Å². The Morgan fingerprint density at radius 3 is 2.40 bits per heavy atom. The van der Waals surface area contributed by atoms with E-state index in [0.717, 1.165) is 19.3 Å². The van der Waals surface area contributed by atoms with Crippen LogP contribution in [-0.4, -0.2) is 42.8 Å². The van der Waals surface area contributed by atoms with Crippen molar-refractivity contribution < 1.29 is 9.59 Å². The fourth-order valence-corrected chi connectivity index (χ4v) is 2.06. The Balaban J connectivity index is 1.81. The van der Waals surface area contributed by atoms with Gasteiger partial charge in [-0.2, -0.15) is 0 Å². The van der Waals surface area contributed by atoms with Crippen molar-refractivity contribution >= 4 is 11.7 Å². The molecule has 4 heteroatoms. The lowest BCUT2D eigenvalue weighted by Gasteiger charge is -2.15. The number of Topliss-reactive ketones (excluding diaryl/α,β-unsaturated/α-hetero) is 1. The first-order valence-electron chi connectivity index (χ1n) is 7.18. The molecule has 0 saturated heterocycles. The topological polar surface area (TPSA) is 49.4 Å². The molecule has 4 nitrogen and oxygen atoms in total. The summed E-state index contributed by atoms with van der Waals surface area (Å²) in [6.07, 6.45) is 3.13. The zero-order valence-electron chi connectivity index (χ0n) is 12.2. The lowest BCUT2D eigenvalue weighted by atomic mass is 10.1. The number of nitrogens with one attached hydrogen (secondary N) is 1. The zero-order chi connectivity index (χ0) is 14.5. The van der Waals surface area contributed by atoms with Crippen molar-refractivity contribution in [1.29, 1.82) is 0 Å². The molecule has 0 unspecified atom stereocenters. The highest BCUT2D eigenvalue weighted by Gasteiger charge is 2.23. The summed E-state index contributed by atoms with van der Waals surface area (Å²) in [5, 5.41) is 2.92. The molecule has 1 aliphatic rings. The number of likely N-dealkylation sites (N-methyl/N-ethyl adjacent to an activating group) is 1. The fourth-order valence-electron chi connectivity index (χ4n) is 2.06. The first-order valence-corrected chi connectivity index (χ1v) is 7.18. The minimum atomic E-state index is 0.00382. The maximum Gasteiger partial charge on any atom is 0.234 e. The van der Waals surface area contributed by atoms with E-state index < -0.39 is 0 Å². The van der Waals surface area contributed by atoms with E-state index in [2.05, 4.69) is 12.2 Å². The zero-order valence-corrected chi connectivity index (χ0v) is 12.2. The number of amides is 1. The van der Waals surface area contributed by atoms with Gasteiger partial charge in [0.15, 0.2) is 5.78 Å². The monoisotopic (exact) mass is 274 g/mol. The highest BCUT2D eigenvalue weighted by Crippen LogP contribution is 2.18. The maximum absolute atomic E-state index is 12.1. The molecule has 1 amide bonds. The van der Waals surface area contributed by atoms with Gasteiger partial charge in [0.05, 0.1) is 13.1 Å². The van der Waals surface area contributed by atoms with Crippen molar-refractivity contribution in [3.8, 4) is 0 Å². The highest BCUT2D eigenvalue weighted by molar-refractivity contribution is 5.97. The van der Waals surface area contributed by atoms with E-state index in [0.29, 0.717) is 11.6 Å². The molecule has 1 aliphatic carbocycles. The van der Waals surface area contributed by atoms with E-state index in [1.165, 1.54) is 5.56 Å². The molecule has 20 heavy (non-hydrogen) atoms. The van der Waals surface area contributed by atoms with Gasteiger partial charge in [-0.05, 0) is 31.9 Å². The number of rotatable bonds is 7. The second kappa shape index (κ2) is 6.66. The molecule has 0 atom stereocenters. The van der Waals surface area contributed by atoms with Crippen LogP contribution in [0.3, 0.4) is 0 Å². The summed E-state index contributed by atoms with van der Waals surface area (Å²) in [5.41, 5.74) is 1.93. The normalized spacial score (nSPS) is 14.3. The van der Waals surface area contributed by atoms with Crippen LogP contribution in [0.4, 0.5) is 0 Å². The smallest absolute Gasteiger partial charge is 0.234 e. The van der Waals surface area contributed by atoms with Gasteiger partial charge in [-0.15, -0.1) is 0 Å². The lowest BCUT2D eigenvalue weighted by molar-refractivity contribution is -0.121. The van der Waals surface area contributed by atoms with Crippen molar-refractivity contribution in [3.63, 3.8) is 0 Å². The Kier molecular flexibility index (Phi) is 4.90. The van der Waals surface area contributed by atoms with Crippen LogP contribution >= 0.6 is 0 Å². The maximum atomic E-state index is 12.1. The van der Waals surface area contributed by atoms with Gasteiger partial charge in [0.2, 0.25) is 5.91 Å².